The Balaban J connectivity index is 1.62. The number of Topliss-reactive ketones (excluding diaryl/α,β-unsaturated/α-hetero) is 1. The largest absolute Gasteiger partial charge is 0.361 e. The molecule has 5 nitrogen and oxygen atoms in total. The van der Waals surface area contributed by atoms with Crippen LogP contribution in [0.1, 0.15) is 63.0 Å². The molecule has 34 heavy (non-hydrogen) atoms. The molecule has 0 amide bonds. The fourth-order valence-corrected chi connectivity index (χ4v) is 5.60. The van der Waals surface area contributed by atoms with Gasteiger partial charge in [0.05, 0.1) is 16.7 Å². The van der Waals surface area contributed by atoms with Crippen LogP contribution in [0.2, 0.25) is 0 Å². The number of fused-ring (bicyclic) bond motifs is 1. The molecule has 0 spiro atoms. The van der Waals surface area contributed by atoms with Crippen molar-refractivity contribution in [1.82, 2.24) is 14.7 Å². The third kappa shape index (κ3) is 4.31. The third-order valence-corrected chi connectivity index (χ3v) is 7.37. The summed E-state index contributed by atoms with van der Waals surface area (Å²) in [6.45, 7) is 8.98. The van der Waals surface area contributed by atoms with Crippen LogP contribution in [0.25, 0.3) is 33.3 Å². The first kappa shape index (κ1) is 22.6. The highest BCUT2D eigenvalue weighted by atomic mass is 16.5. The van der Waals surface area contributed by atoms with Crippen molar-refractivity contribution in [2.75, 3.05) is 0 Å². The van der Waals surface area contributed by atoms with Crippen molar-refractivity contribution >= 4 is 16.8 Å². The maximum atomic E-state index is 11.5. The van der Waals surface area contributed by atoms with Crippen molar-refractivity contribution < 1.29 is 9.32 Å². The van der Waals surface area contributed by atoms with Crippen molar-refractivity contribution in [3.05, 3.63) is 59.7 Å². The van der Waals surface area contributed by atoms with E-state index in [2.05, 4.69) is 53.2 Å². The normalized spacial score (nSPS) is 15.6. The summed E-state index contributed by atoms with van der Waals surface area (Å²) in [6, 6.07) is 10.6. The second kappa shape index (κ2) is 8.86. The van der Waals surface area contributed by atoms with Crippen molar-refractivity contribution in [3.8, 4) is 22.3 Å². The molecule has 0 atom stereocenters. The fourth-order valence-electron chi connectivity index (χ4n) is 5.60. The first-order valence-electron chi connectivity index (χ1n) is 12.3. The van der Waals surface area contributed by atoms with E-state index in [1.54, 1.807) is 6.92 Å². The van der Waals surface area contributed by atoms with Crippen LogP contribution in [-0.2, 0) is 17.8 Å². The highest BCUT2D eigenvalue weighted by molar-refractivity contribution is 5.95. The number of carbonyl (C=O) groups excluding carboxylic acids is 1. The minimum Gasteiger partial charge on any atom is -0.361 e. The van der Waals surface area contributed by atoms with Crippen LogP contribution < -0.4 is 0 Å². The molecule has 0 N–H and O–H groups in total. The van der Waals surface area contributed by atoms with E-state index >= 15 is 0 Å². The summed E-state index contributed by atoms with van der Waals surface area (Å²) in [6.07, 6.45) is 11.2. The average molecular weight is 456 g/mol. The third-order valence-electron chi connectivity index (χ3n) is 7.37. The SMILES string of the molecule is CC(=O)Cc1ccc(-c2cn(CC3(C)CCCCC3)c3cc(-c4c(C)noc4C)cnc23)cc1. The van der Waals surface area contributed by atoms with Gasteiger partial charge in [-0.15, -0.1) is 0 Å². The molecule has 0 bridgehead atoms. The minimum atomic E-state index is 0.179. The number of pyridine rings is 1. The van der Waals surface area contributed by atoms with Crippen LogP contribution in [0.3, 0.4) is 0 Å². The van der Waals surface area contributed by atoms with E-state index in [9.17, 15) is 4.79 Å². The van der Waals surface area contributed by atoms with Gasteiger partial charge in [-0.05, 0) is 56.2 Å². The van der Waals surface area contributed by atoms with Gasteiger partial charge in [-0.3, -0.25) is 9.78 Å². The number of aromatic nitrogens is 3. The summed E-state index contributed by atoms with van der Waals surface area (Å²) in [5, 5.41) is 4.15. The molecule has 0 saturated heterocycles. The van der Waals surface area contributed by atoms with Gasteiger partial charge in [0.25, 0.3) is 0 Å². The zero-order chi connectivity index (χ0) is 23.9. The Kier molecular flexibility index (Phi) is 5.88. The van der Waals surface area contributed by atoms with Gasteiger partial charge in [0, 0.05) is 42.0 Å². The molecular weight excluding hydrogens is 422 g/mol. The number of aryl methyl sites for hydroxylation is 2. The summed E-state index contributed by atoms with van der Waals surface area (Å²) in [5.74, 6) is 0.996. The van der Waals surface area contributed by atoms with Crippen molar-refractivity contribution in [1.29, 1.82) is 0 Å². The highest BCUT2D eigenvalue weighted by Gasteiger charge is 2.28. The maximum absolute atomic E-state index is 11.5. The molecule has 5 rings (SSSR count). The van der Waals surface area contributed by atoms with Gasteiger partial charge in [0.2, 0.25) is 0 Å². The van der Waals surface area contributed by atoms with Gasteiger partial charge in [0.15, 0.2) is 0 Å². The Morgan fingerprint density at radius 1 is 1.09 bits per heavy atom. The van der Waals surface area contributed by atoms with E-state index in [1.165, 1.54) is 32.1 Å². The first-order valence-corrected chi connectivity index (χ1v) is 12.3. The first-order chi connectivity index (χ1) is 16.3. The van der Waals surface area contributed by atoms with E-state index in [1.807, 2.05) is 20.0 Å². The van der Waals surface area contributed by atoms with E-state index < -0.39 is 0 Å². The number of rotatable bonds is 6. The van der Waals surface area contributed by atoms with Gasteiger partial charge < -0.3 is 9.09 Å². The van der Waals surface area contributed by atoms with Gasteiger partial charge in [-0.2, -0.15) is 0 Å². The molecule has 3 aromatic heterocycles. The second-order valence-corrected chi connectivity index (χ2v) is 10.4. The van der Waals surface area contributed by atoms with Crippen LogP contribution in [-0.4, -0.2) is 20.5 Å². The predicted octanol–water partition coefficient (Wildman–Crippen LogP) is 7.08. The molecule has 176 valence electrons. The van der Waals surface area contributed by atoms with Crippen molar-refractivity contribution in [3.63, 3.8) is 0 Å². The fraction of sp³-hybridized carbons (Fsp3) is 0.414. The van der Waals surface area contributed by atoms with Gasteiger partial charge in [-0.1, -0.05) is 55.6 Å². The predicted molar refractivity (Wildman–Crippen MR) is 136 cm³/mol. The second-order valence-electron chi connectivity index (χ2n) is 10.4. The molecule has 4 aromatic rings. The van der Waals surface area contributed by atoms with Gasteiger partial charge in [0.1, 0.15) is 11.5 Å². The average Bonchev–Trinajstić information content (AvgIpc) is 3.33. The molecular formula is C29H33N3O2. The maximum Gasteiger partial charge on any atom is 0.141 e. The molecule has 1 saturated carbocycles. The van der Waals surface area contributed by atoms with Gasteiger partial charge >= 0.3 is 0 Å². The van der Waals surface area contributed by atoms with Crippen molar-refractivity contribution in [2.24, 2.45) is 5.41 Å². The Morgan fingerprint density at radius 3 is 2.47 bits per heavy atom. The highest BCUT2D eigenvalue weighted by Crippen LogP contribution is 2.40. The van der Waals surface area contributed by atoms with Crippen LogP contribution in [0.5, 0.6) is 0 Å². The number of benzene rings is 1. The molecule has 1 fully saturated rings. The number of hydrogen-bond donors (Lipinski definition) is 0. The van der Waals surface area contributed by atoms with E-state index in [4.69, 9.17) is 9.51 Å². The Hall–Kier alpha value is -3.21. The molecule has 0 radical (unpaired) electrons. The Labute approximate surface area is 201 Å². The zero-order valence-electron chi connectivity index (χ0n) is 20.6. The molecule has 5 heteroatoms. The topological polar surface area (TPSA) is 60.9 Å². The molecule has 1 aliphatic carbocycles. The quantitative estimate of drug-likeness (QED) is 0.312. The minimum absolute atomic E-state index is 0.179. The van der Waals surface area contributed by atoms with Crippen LogP contribution >= 0.6 is 0 Å². The Bertz CT molecular complexity index is 1320. The lowest BCUT2D eigenvalue weighted by Crippen LogP contribution is -2.25. The number of ketones is 1. The molecule has 0 unspecified atom stereocenters. The lowest BCUT2D eigenvalue weighted by atomic mass is 9.75. The summed E-state index contributed by atoms with van der Waals surface area (Å²) in [4.78, 5) is 16.5. The van der Waals surface area contributed by atoms with E-state index in [0.717, 1.165) is 56.8 Å². The zero-order valence-corrected chi connectivity index (χ0v) is 20.6. The number of carbonyl (C=O) groups is 1. The number of nitrogens with zero attached hydrogens (tertiary/aromatic N) is 3. The van der Waals surface area contributed by atoms with Gasteiger partial charge in [-0.25, -0.2) is 0 Å². The van der Waals surface area contributed by atoms with Crippen LogP contribution in [0.4, 0.5) is 0 Å². The standard InChI is InChI=1S/C29H33N3O2/c1-19(33)14-22-8-10-23(11-9-22)25-17-32(18-29(4)12-6-5-7-13-29)26-15-24(16-30-28(25)26)27-20(2)31-34-21(27)3/h8-11,15-17H,5-7,12-14,18H2,1-4H3. The molecule has 3 heterocycles. The summed E-state index contributed by atoms with van der Waals surface area (Å²) in [5.41, 5.74) is 8.71. The number of hydrogen-bond acceptors (Lipinski definition) is 4. The lowest BCUT2D eigenvalue weighted by Gasteiger charge is -2.34. The molecule has 1 aliphatic rings. The summed E-state index contributed by atoms with van der Waals surface area (Å²) in [7, 11) is 0. The van der Waals surface area contributed by atoms with Crippen LogP contribution in [0, 0.1) is 19.3 Å². The van der Waals surface area contributed by atoms with Crippen LogP contribution in [0.15, 0.2) is 47.2 Å². The molecule has 0 aliphatic heterocycles. The summed E-state index contributed by atoms with van der Waals surface area (Å²) >= 11 is 0. The lowest BCUT2D eigenvalue weighted by molar-refractivity contribution is -0.116. The summed E-state index contributed by atoms with van der Waals surface area (Å²) < 4.78 is 7.84. The monoisotopic (exact) mass is 455 g/mol. The smallest absolute Gasteiger partial charge is 0.141 e. The van der Waals surface area contributed by atoms with E-state index in [-0.39, 0.29) is 5.78 Å². The molecule has 1 aromatic carbocycles. The van der Waals surface area contributed by atoms with Crippen molar-refractivity contribution in [2.45, 2.75) is 72.8 Å². The van der Waals surface area contributed by atoms with E-state index in [0.29, 0.717) is 11.8 Å². The Morgan fingerprint density at radius 2 is 1.82 bits per heavy atom.